The summed E-state index contributed by atoms with van der Waals surface area (Å²) in [6.45, 7) is 2.05. The Labute approximate surface area is 117 Å². The number of carbonyl (C=O) groups excluding carboxylic acids is 1. The van der Waals surface area contributed by atoms with E-state index in [2.05, 4.69) is 10.6 Å². The molecule has 1 aliphatic rings. The van der Waals surface area contributed by atoms with Crippen LogP contribution in [-0.4, -0.2) is 38.8 Å². The molecule has 0 bridgehead atoms. The lowest BCUT2D eigenvalue weighted by Gasteiger charge is -2.23. The van der Waals surface area contributed by atoms with Crippen LogP contribution in [0.2, 0.25) is 5.02 Å². The monoisotopic (exact) mass is 284 g/mol. The molecule has 1 saturated heterocycles. The first kappa shape index (κ1) is 14.1. The molecule has 0 aromatic heterocycles. The number of methoxy groups -OCH3 is 1. The summed E-state index contributed by atoms with van der Waals surface area (Å²) in [5.41, 5.74) is 0.660. The predicted molar refractivity (Wildman–Crippen MR) is 73.9 cm³/mol. The fourth-order valence-corrected chi connectivity index (χ4v) is 2.19. The minimum Gasteiger partial charge on any atom is -0.495 e. The normalized spacial score (nSPS) is 18.9. The zero-order valence-electron chi connectivity index (χ0n) is 10.7. The van der Waals surface area contributed by atoms with Crippen molar-refractivity contribution in [3.05, 3.63) is 23.2 Å². The van der Waals surface area contributed by atoms with Crippen LogP contribution in [-0.2, 0) is 9.53 Å². The molecule has 1 aromatic carbocycles. The van der Waals surface area contributed by atoms with Crippen LogP contribution in [0.5, 0.6) is 5.75 Å². The molecule has 19 heavy (non-hydrogen) atoms. The predicted octanol–water partition coefficient (Wildman–Crippen LogP) is 1.67. The molecule has 0 aliphatic carbocycles. The molecule has 2 rings (SSSR count). The fraction of sp³-hybridized carbons (Fsp3) is 0.462. The molecular weight excluding hydrogens is 268 g/mol. The van der Waals surface area contributed by atoms with Gasteiger partial charge in [0.2, 0.25) is 5.91 Å². The van der Waals surface area contributed by atoms with Gasteiger partial charge >= 0.3 is 0 Å². The van der Waals surface area contributed by atoms with Crippen molar-refractivity contribution >= 4 is 23.2 Å². The summed E-state index contributed by atoms with van der Waals surface area (Å²) in [5.74, 6) is 0.520. The number of halogens is 1. The van der Waals surface area contributed by atoms with Gasteiger partial charge in [0, 0.05) is 24.7 Å². The first-order valence-electron chi connectivity index (χ1n) is 6.13. The van der Waals surface area contributed by atoms with Crippen LogP contribution < -0.4 is 15.4 Å². The van der Waals surface area contributed by atoms with Crippen LogP contribution in [0.3, 0.4) is 0 Å². The van der Waals surface area contributed by atoms with Gasteiger partial charge in [0.15, 0.2) is 0 Å². The van der Waals surface area contributed by atoms with Gasteiger partial charge in [-0.05, 0) is 18.2 Å². The topological polar surface area (TPSA) is 59.6 Å². The Balaban J connectivity index is 1.89. The Bertz CT molecular complexity index is 448. The highest BCUT2D eigenvalue weighted by atomic mass is 35.5. The van der Waals surface area contributed by atoms with E-state index in [0.717, 1.165) is 6.54 Å². The molecule has 6 heteroatoms. The van der Waals surface area contributed by atoms with Crippen LogP contribution in [0.15, 0.2) is 18.2 Å². The zero-order valence-corrected chi connectivity index (χ0v) is 11.5. The Hall–Kier alpha value is -1.30. The third kappa shape index (κ3) is 4.09. The summed E-state index contributed by atoms with van der Waals surface area (Å²) in [4.78, 5) is 11.9. The molecule has 1 aromatic rings. The van der Waals surface area contributed by atoms with E-state index in [1.807, 2.05) is 0 Å². The van der Waals surface area contributed by atoms with Crippen LogP contribution in [0.1, 0.15) is 6.42 Å². The zero-order chi connectivity index (χ0) is 13.7. The first-order chi connectivity index (χ1) is 9.19. The van der Waals surface area contributed by atoms with Crippen molar-refractivity contribution in [2.75, 3.05) is 32.2 Å². The third-order valence-corrected chi connectivity index (χ3v) is 3.16. The van der Waals surface area contributed by atoms with Crippen molar-refractivity contribution in [1.29, 1.82) is 0 Å². The maximum absolute atomic E-state index is 11.9. The van der Waals surface area contributed by atoms with Gasteiger partial charge in [-0.2, -0.15) is 0 Å². The lowest BCUT2D eigenvalue weighted by Crippen LogP contribution is -2.43. The van der Waals surface area contributed by atoms with Gasteiger partial charge in [-0.1, -0.05) is 11.6 Å². The van der Waals surface area contributed by atoms with Gasteiger partial charge in [-0.15, -0.1) is 0 Å². The Morgan fingerprint density at radius 2 is 2.47 bits per heavy atom. The van der Waals surface area contributed by atoms with Gasteiger partial charge in [-0.3, -0.25) is 4.79 Å². The molecule has 0 saturated carbocycles. The summed E-state index contributed by atoms with van der Waals surface area (Å²) in [6, 6.07) is 5.22. The molecule has 2 N–H and O–H groups in total. The average molecular weight is 285 g/mol. The molecule has 1 heterocycles. The molecule has 1 atom stereocenters. The number of carbonyl (C=O) groups is 1. The number of benzene rings is 1. The van der Waals surface area contributed by atoms with Gasteiger partial charge in [0.05, 0.1) is 25.3 Å². The van der Waals surface area contributed by atoms with E-state index in [9.17, 15) is 4.79 Å². The van der Waals surface area contributed by atoms with Gasteiger partial charge < -0.3 is 20.1 Å². The number of hydrogen-bond donors (Lipinski definition) is 2. The second kappa shape index (κ2) is 6.75. The maximum atomic E-state index is 11.9. The van der Waals surface area contributed by atoms with Gasteiger partial charge in [-0.25, -0.2) is 0 Å². The van der Waals surface area contributed by atoms with Crippen molar-refractivity contribution < 1.29 is 14.3 Å². The van der Waals surface area contributed by atoms with E-state index in [-0.39, 0.29) is 11.9 Å². The summed E-state index contributed by atoms with van der Waals surface area (Å²) >= 11 is 6.00. The highest BCUT2D eigenvalue weighted by molar-refractivity contribution is 6.32. The Kier molecular flexibility index (Phi) is 5.01. The highest BCUT2D eigenvalue weighted by Gasteiger charge is 2.17. The second-order valence-electron chi connectivity index (χ2n) is 4.33. The molecule has 1 aliphatic heterocycles. The maximum Gasteiger partial charge on any atom is 0.226 e. The van der Waals surface area contributed by atoms with E-state index < -0.39 is 0 Å². The number of nitrogens with one attached hydrogen (secondary N) is 2. The lowest BCUT2D eigenvalue weighted by atomic mass is 10.2. The molecule has 104 valence electrons. The van der Waals surface area contributed by atoms with Gasteiger partial charge in [0.1, 0.15) is 5.75 Å². The molecule has 5 nitrogen and oxygen atoms in total. The van der Waals surface area contributed by atoms with Crippen molar-refractivity contribution in [3.8, 4) is 5.75 Å². The quantitative estimate of drug-likeness (QED) is 0.883. The molecule has 1 amide bonds. The summed E-state index contributed by atoms with van der Waals surface area (Å²) in [7, 11) is 1.55. The van der Waals surface area contributed by atoms with Gasteiger partial charge in [0.25, 0.3) is 0 Å². The molecular formula is C13H17ClN2O3. The minimum absolute atomic E-state index is 0.0655. The van der Waals surface area contributed by atoms with E-state index >= 15 is 0 Å². The summed E-state index contributed by atoms with van der Waals surface area (Å²) in [6.07, 6.45) is 0.379. The first-order valence-corrected chi connectivity index (χ1v) is 6.51. The smallest absolute Gasteiger partial charge is 0.226 e. The summed E-state index contributed by atoms with van der Waals surface area (Å²) in [5, 5.41) is 6.51. The number of morpholine rings is 1. The number of rotatable bonds is 4. The Morgan fingerprint density at radius 1 is 1.63 bits per heavy atom. The molecule has 0 spiro atoms. The van der Waals surface area contributed by atoms with Crippen LogP contribution in [0, 0.1) is 0 Å². The Morgan fingerprint density at radius 3 is 3.11 bits per heavy atom. The summed E-state index contributed by atoms with van der Waals surface area (Å²) < 4.78 is 10.4. The van der Waals surface area contributed by atoms with E-state index in [0.29, 0.717) is 36.1 Å². The number of ether oxygens (including phenoxy) is 2. The third-order valence-electron chi connectivity index (χ3n) is 2.87. The highest BCUT2D eigenvalue weighted by Crippen LogP contribution is 2.27. The SMILES string of the molecule is COc1ccc(NC(=O)CC2COCCN2)cc1Cl. The lowest BCUT2D eigenvalue weighted by molar-refractivity contribution is -0.117. The van der Waals surface area contributed by atoms with Crippen molar-refractivity contribution in [1.82, 2.24) is 5.32 Å². The molecule has 1 unspecified atom stereocenters. The average Bonchev–Trinajstić information content (AvgIpc) is 2.40. The van der Waals surface area contributed by atoms with Crippen LogP contribution in [0.25, 0.3) is 0 Å². The van der Waals surface area contributed by atoms with Crippen LogP contribution >= 0.6 is 11.6 Å². The van der Waals surface area contributed by atoms with E-state index in [1.54, 1.807) is 25.3 Å². The number of anilines is 1. The van der Waals surface area contributed by atoms with E-state index in [1.165, 1.54) is 0 Å². The number of amides is 1. The standard InChI is InChI=1S/C13H17ClN2O3/c1-18-12-3-2-9(6-11(12)14)16-13(17)7-10-8-19-5-4-15-10/h2-3,6,10,15H,4-5,7-8H2,1H3,(H,16,17). The second-order valence-corrected chi connectivity index (χ2v) is 4.73. The van der Waals surface area contributed by atoms with E-state index in [4.69, 9.17) is 21.1 Å². The van der Waals surface area contributed by atoms with Crippen molar-refractivity contribution in [2.45, 2.75) is 12.5 Å². The largest absolute Gasteiger partial charge is 0.495 e. The van der Waals surface area contributed by atoms with Crippen LogP contribution in [0.4, 0.5) is 5.69 Å². The minimum atomic E-state index is -0.0655. The molecule has 0 radical (unpaired) electrons. The molecule has 1 fully saturated rings. The fourth-order valence-electron chi connectivity index (χ4n) is 1.93. The van der Waals surface area contributed by atoms with Crippen molar-refractivity contribution in [3.63, 3.8) is 0 Å². The van der Waals surface area contributed by atoms with Crippen molar-refractivity contribution in [2.24, 2.45) is 0 Å². The number of hydrogen-bond acceptors (Lipinski definition) is 4.